The van der Waals surface area contributed by atoms with Gasteiger partial charge in [0.05, 0.1) is 6.10 Å². The number of aliphatic hydroxyl groups excluding tert-OH is 1. The minimum Gasteiger partial charge on any atom is -0.393 e. The Hall–Kier alpha value is -1.62. The van der Waals surface area contributed by atoms with E-state index in [0.717, 1.165) is 5.56 Å². The highest BCUT2D eigenvalue weighted by molar-refractivity contribution is 5.89. The second-order valence-corrected chi connectivity index (χ2v) is 5.04. The van der Waals surface area contributed by atoms with Crippen molar-refractivity contribution in [1.29, 1.82) is 0 Å². The van der Waals surface area contributed by atoms with Crippen molar-refractivity contribution in [3.05, 3.63) is 29.6 Å². The van der Waals surface area contributed by atoms with E-state index < -0.39 is 0 Å². The van der Waals surface area contributed by atoms with Crippen LogP contribution in [0.3, 0.4) is 0 Å². The van der Waals surface area contributed by atoms with Gasteiger partial charge in [0.2, 0.25) is 0 Å². The molecule has 0 radical (unpaired) electrons. The van der Waals surface area contributed by atoms with Gasteiger partial charge < -0.3 is 15.7 Å². The quantitative estimate of drug-likeness (QED) is 0.769. The predicted octanol–water partition coefficient (Wildman–Crippen LogP) is 2.66. The smallest absolute Gasteiger partial charge is 0.319 e. The summed E-state index contributed by atoms with van der Waals surface area (Å²) in [6, 6.07) is 3.99. The summed E-state index contributed by atoms with van der Waals surface area (Å²) >= 11 is 0. The number of hydrogen-bond acceptors (Lipinski definition) is 2. The summed E-state index contributed by atoms with van der Waals surface area (Å²) in [5, 5.41) is 14.5. The highest BCUT2D eigenvalue weighted by Gasteiger charge is 2.08. The van der Waals surface area contributed by atoms with Gasteiger partial charge in [-0.15, -0.1) is 0 Å². The molecule has 2 amide bonds. The Morgan fingerprint density at radius 3 is 2.63 bits per heavy atom. The summed E-state index contributed by atoms with van der Waals surface area (Å²) in [4.78, 5) is 11.6. The van der Waals surface area contributed by atoms with Gasteiger partial charge >= 0.3 is 6.03 Å². The van der Waals surface area contributed by atoms with Gasteiger partial charge in [-0.25, -0.2) is 9.18 Å². The third-order valence-electron chi connectivity index (χ3n) is 2.65. The van der Waals surface area contributed by atoms with Crippen molar-refractivity contribution in [3.8, 4) is 0 Å². The lowest BCUT2D eigenvalue weighted by Crippen LogP contribution is -2.33. The zero-order chi connectivity index (χ0) is 14.4. The lowest BCUT2D eigenvalue weighted by atomic mass is 10.1. The van der Waals surface area contributed by atoms with Crippen LogP contribution in [0.2, 0.25) is 0 Å². The summed E-state index contributed by atoms with van der Waals surface area (Å²) in [6.45, 7) is 5.88. The topological polar surface area (TPSA) is 61.4 Å². The van der Waals surface area contributed by atoms with Gasteiger partial charge in [0.1, 0.15) is 5.82 Å². The molecular formula is C14H21FN2O2. The van der Waals surface area contributed by atoms with Crippen molar-refractivity contribution in [2.45, 2.75) is 33.3 Å². The summed E-state index contributed by atoms with van der Waals surface area (Å²) in [6.07, 6.45) is 0.241. The Kier molecular flexibility index (Phi) is 5.76. The number of carbonyl (C=O) groups is 1. The molecule has 1 aromatic carbocycles. The first-order chi connectivity index (χ1) is 8.86. The number of halogens is 1. The average molecular weight is 268 g/mol. The molecule has 0 spiro atoms. The van der Waals surface area contributed by atoms with E-state index in [9.17, 15) is 14.3 Å². The molecule has 1 aromatic rings. The number of urea groups is 1. The predicted molar refractivity (Wildman–Crippen MR) is 73.6 cm³/mol. The summed E-state index contributed by atoms with van der Waals surface area (Å²) in [5.41, 5.74) is 1.18. The zero-order valence-corrected chi connectivity index (χ0v) is 11.5. The fourth-order valence-corrected chi connectivity index (χ4v) is 1.92. The first kappa shape index (κ1) is 15.4. The van der Waals surface area contributed by atoms with Crippen LogP contribution in [0.5, 0.6) is 0 Å². The molecule has 4 nitrogen and oxygen atoms in total. The van der Waals surface area contributed by atoms with Gasteiger partial charge in [-0.3, -0.25) is 0 Å². The SMILES string of the molecule is Cc1cc(F)cc(NC(=O)NCC(C)CC(C)O)c1. The number of aliphatic hydroxyl groups is 1. The standard InChI is InChI=1S/C14H21FN2O2/c1-9-5-12(15)7-13(6-9)17-14(19)16-8-10(2)4-11(3)18/h5-7,10-11,18H,4,8H2,1-3H3,(H2,16,17,19). The molecule has 0 fully saturated rings. The second-order valence-electron chi connectivity index (χ2n) is 5.04. The fraction of sp³-hybridized carbons (Fsp3) is 0.500. The second kappa shape index (κ2) is 7.09. The van der Waals surface area contributed by atoms with Crippen molar-refractivity contribution in [2.24, 2.45) is 5.92 Å². The Bertz CT molecular complexity index is 415. The molecule has 3 N–H and O–H groups in total. The van der Waals surface area contributed by atoms with Gasteiger partial charge in [-0.2, -0.15) is 0 Å². The molecular weight excluding hydrogens is 247 g/mol. The summed E-state index contributed by atoms with van der Waals surface area (Å²) in [5.74, 6) is -0.197. The Morgan fingerprint density at radius 1 is 1.37 bits per heavy atom. The lowest BCUT2D eigenvalue weighted by Gasteiger charge is -2.14. The zero-order valence-electron chi connectivity index (χ0n) is 11.5. The van der Waals surface area contributed by atoms with Crippen LogP contribution in [0.25, 0.3) is 0 Å². The van der Waals surface area contributed by atoms with Crippen molar-refractivity contribution >= 4 is 11.7 Å². The van der Waals surface area contributed by atoms with E-state index in [-0.39, 0.29) is 23.9 Å². The average Bonchev–Trinajstić information content (AvgIpc) is 2.23. The molecule has 2 atom stereocenters. The molecule has 0 saturated heterocycles. The Balaban J connectivity index is 2.42. The van der Waals surface area contributed by atoms with Crippen LogP contribution in [-0.2, 0) is 0 Å². The summed E-state index contributed by atoms with van der Waals surface area (Å²) in [7, 11) is 0. The normalized spacial score (nSPS) is 13.7. The van der Waals surface area contributed by atoms with Gasteiger partial charge in [-0.05, 0) is 49.9 Å². The van der Waals surface area contributed by atoms with E-state index in [2.05, 4.69) is 10.6 Å². The monoisotopic (exact) mass is 268 g/mol. The van der Waals surface area contributed by atoms with E-state index in [0.29, 0.717) is 18.7 Å². The largest absolute Gasteiger partial charge is 0.393 e. The Labute approximate surface area is 113 Å². The molecule has 106 valence electrons. The number of amides is 2. The van der Waals surface area contributed by atoms with E-state index in [1.165, 1.54) is 12.1 Å². The van der Waals surface area contributed by atoms with Crippen LogP contribution in [-0.4, -0.2) is 23.8 Å². The van der Waals surface area contributed by atoms with Crippen LogP contribution in [0.4, 0.5) is 14.9 Å². The van der Waals surface area contributed by atoms with Crippen LogP contribution in [0, 0.1) is 18.7 Å². The lowest BCUT2D eigenvalue weighted by molar-refractivity contribution is 0.163. The van der Waals surface area contributed by atoms with Crippen LogP contribution in [0.15, 0.2) is 18.2 Å². The van der Waals surface area contributed by atoms with Gasteiger partial charge in [0.15, 0.2) is 0 Å². The summed E-state index contributed by atoms with van der Waals surface area (Å²) < 4.78 is 13.1. The molecule has 0 aromatic heterocycles. The van der Waals surface area contributed by atoms with E-state index in [1.807, 2.05) is 6.92 Å². The maximum Gasteiger partial charge on any atom is 0.319 e. The van der Waals surface area contributed by atoms with Crippen molar-refractivity contribution in [1.82, 2.24) is 5.32 Å². The highest BCUT2D eigenvalue weighted by Crippen LogP contribution is 2.13. The number of aryl methyl sites for hydroxylation is 1. The number of rotatable bonds is 5. The molecule has 0 heterocycles. The minimum atomic E-state index is -0.384. The van der Waals surface area contributed by atoms with Crippen molar-refractivity contribution < 1.29 is 14.3 Å². The highest BCUT2D eigenvalue weighted by atomic mass is 19.1. The first-order valence-electron chi connectivity index (χ1n) is 6.37. The third-order valence-corrected chi connectivity index (χ3v) is 2.65. The fourth-order valence-electron chi connectivity index (χ4n) is 1.92. The van der Waals surface area contributed by atoms with E-state index >= 15 is 0 Å². The number of benzene rings is 1. The molecule has 5 heteroatoms. The van der Waals surface area contributed by atoms with E-state index in [4.69, 9.17) is 0 Å². The van der Waals surface area contributed by atoms with Crippen LogP contribution in [0.1, 0.15) is 25.8 Å². The molecule has 0 saturated carbocycles. The number of nitrogens with one attached hydrogen (secondary N) is 2. The van der Waals surface area contributed by atoms with Gasteiger partial charge in [0.25, 0.3) is 0 Å². The molecule has 1 rings (SSSR count). The maximum atomic E-state index is 13.1. The maximum absolute atomic E-state index is 13.1. The minimum absolute atomic E-state index is 0.181. The molecule has 0 aliphatic carbocycles. The first-order valence-corrected chi connectivity index (χ1v) is 6.37. The molecule has 0 aliphatic rings. The molecule has 2 unspecified atom stereocenters. The number of hydrogen-bond donors (Lipinski definition) is 3. The number of carbonyl (C=O) groups excluding carboxylic acids is 1. The van der Waals surface area contributed by atoms with Crippen molar-refractivity contribution in [2.75, 3.05) is 11.9 Å². The molecule has 19 heavy (non-hydrogen) atoms. The Morgan fingerprint density at radius 2 is 2.05 bits per heavy atom. The van der Waals surface area contributed by atoms with Gasteiger partial charge in [-0.1, -0.05) is 6.92 Å². The third kappa shape index (κ3) is 6.20. The van der Waals surface area contributed by atoms with Crippen LogP contribution >= 0.6 is 0 Å². The number of anilines is 1. The van der Waals surface area contributed by atoms with Crippen LogP contribution < -0.4 is 10.6 Å². The van der Waals surface area contributed by atoms with Crippen molar-refractivity contribution in [3.63, 3.8) is 0 Å². The van der Waals surface area contributed by atoms with Gasteiger partial charge in [0, 0.05) is 12.2 Å². The molecule has 0 bridgehead atoms. The van der Waals surface area contributed by atoms with E-state index in [1.54, 1.807) is 19.9 Å². The molecule has 0 aliphatic heterocycles.